The number of piperidine rings is 1. The monoisotopic (exact) mass is 416 g/mol. The van der Waals surface area contributed by atoms with Gasteiger partial charge in [-0.25, -0.2) is 0 Å². The fraction of sp³-hybridized carbons (Fsp3) is 0.385. The van der Waals surface area contributed by atoms with Crippen molar-refractivity contribution in [3.8, 4) is 16.9 Å². The number of pyridine rings is 1. The Hall–Kier alpha value is -2.92. The van der Waals surface area contributed by atoms with Gasteiger partial charge in [0.25, 0.3) is 5.91 Å². The molecule has 5 nitrogen and oxygen atoms in total. The molecule has 2 saturated heterocycles. The Morgan fingerprint density at radius 1 is 1.06 bits per heavy atom. The summed E-state index contributed by atoms with van der Waals surface area (Å²) in [5.41, 5.74) is 4.56. The molecular weight excluding hydrogens is 388 g/mol. The molecule has 3 heterocycles. The maximum Gasteiger partial charge on any atom is 0.251 e. The standard InChI is InChI=1S/C26H28N2O3/c1-18-16-20(17-24-23(18)4-2-12-27-24)19-6-8-21(9-7-19)31-22-10-13-28(14-11-22)26(29)25-5-3-15-30-25/h2,4,6-9,12,16-17,22,25H,3,5,10-11,13-15H2,1H3/t25-/m1/s1. The van der Waals surface area contributed by atoms with Crippen molar-refractivity contribution in [1.82, 2.24) is 9.88 Å². The summed E-state index contributed by atoms with van der Waals surface area (Å²) < 4.78 is 11.8. The summed E-state index contributed by atoms with van der Waals surface area (Å²) in [6.07, 6.45) is 5.31. The minimum Gasteiger partial charge on any atom is -0.490 e. The van der Waals surface area contributed by atoms with Crippen LogP contribution in [0.3, 0.4) is 0 Å². The van der Waals surface area contributed by atoms with Crippen molar-refractivity contribution in [2.45, 2.75) is 44.8 Å². The largest absolute Gasteiger partial charge is 0.490 e. The molecule has 160 valence electrons. The van der Waals surface area contributed by atoms with Crippen LogP contribution < -0.4 is 4.74 Å². The van der Waals surface area contributed by atoms with E-state index in [-0.39, 0.29) is 18.1 Å². The van der Waals surface area contributed by atoms with Crippen molar-refractivity contribution in [3.63, 3.8) is 0 Å². The first kappa shape index (κ1) is 20.0. The molecule has 5 heteroatoms. The van der Waals surface area contributed by atoms with Crippen LogP contribution >= 0.6 is 0 Å². The molecule has 0 spiro atoms. The number of aryl methyl sites for hydroxylation is 1. The molecule has 0 N–H and O–H groups in total. The maximum absolute atomic E-state index is 12.5. The van der Waals surface area contributed by atoms with Gasteiger partial charge in [-0.05, 0) is 60.7 Å². The Labute approximate surface area is 183 Å². The number of rotatable bonds is 4. The zero-order valence-electron chi connectivity index (χ0n) is 17.9. The Morgan fingerprint density at radius 2 is 1.87 bits per heavy atom. The van der Waals surface area contributed by atoms with Gasteiger partial charge in [0.05, 0.1) is 5.52 Å². The van der Waals surface area contributed by atoms with Crippen LogP contribution in [-0.4, -0.2) is 47.7 Å². The van der Waals surface area contributed by atoms with Crippen molar-refractivity contribution in [2.75, 3.05) is 19.7 Å². The molecular formula is C26H28N2O3. The molecule has 0 saturated carbocycles. The van der Waals surface area contributed by atoms with E-state index >= 15 is 0 Å². The van der Waals surface area contributed by atoms with E-state index in [2.05, 4.69) is 42.2 Å². The van der Waals surface area contributed by atoms with Crippen molar-refractivity contribution in [2.24, 2.45) is 0 Å². The predicted molar refractivity (Wildman–Crippen MR) is 121 cm³/mol. The van der Waals surface area contributed by atoms with Gasteiger partial charge in [0.2, 0.25) is 0 Å². The highest BCUT2D eigenvalue weighted by Gasteiger charge is 2.31. The van der Waals surface area contributed by atoms with E-state index in [1.165, 1.54) is 10.9 Å². The van der Waals surface area contributed by atoms with Crippen LogP contribution in [-0.2, 0) is 9.53 Å². The van der Waals surface area contributed by atoms with Gasteiger partial charge in [-0.15, -0.1) is 0 Å². The molecule has 1 atom stereocenters. The Morgan fingerprint density at radius 3 is 2.61 bits per heavy atom. The summed E-state index contributed by atoms with van der Waals surface area (Å²) >= 11 is 0. The molecule has 5 rings (SSSR count). The van der Waals surface area contributed by atoms with E-state index in [9.17, 15) is 4.79 Å². The van der Waals surface area contributed by atoms with Gasteiger partial charge in [0, 0.05) is 44.1 Å². The Kier molecular flexibility index (Phi) is 5.60. The third-order valence-corrected chi connectivity index (χ3v) is 6.38. The highest BCUT2D eigenvalue weighted by Crippen LogP contribution is 2.29. The average Bonchev–Trinajstić information content (AvgIpc) is 3.35. The van der Waals surface area contributed by atoms with E-state index in [0.29, 0.717) is 6.61 Å². The number of aromatic nitrogens is 1. The van der Waals surface area contributed by atoms with Crippen molar-refractivity contribution < 1.29 is 14.3 Å². The average molecular weight is 417 g/mol. The van der Waals surface area contributed by atoms with Gasteiger partial charge in [-0.2, -0.15) is 0 Å². The highest BCUT2D eigenvalue weighted by molar-refractivity contribution is 5.87. The minimum atomic E-state index is -0.223. The number of nitrogens with zero attached hydrogens (tertiary/aromatic N) is 2. The molecule has 2 aliphatic rings. The van der Waals surface area contributed by atoms with Gasteiger partial charge in [0.15, 0.2) is 0 Å². The second kappa shape index (κ2) is 8.67. The number of benzene rings is 2. The van der Waals surface area contributed by atoms with Crippen molar-refractivity contribution in [1.29, 1.82) is 0 Å². The number of carbonyl (C=O) groups excluding carboxylic acids is 1. The van der Waals surface area contributed by atoms with Crippen LogP contribution in [0, 0.1) is 6.92 Å². The van der Waals surface area contributed by atoms with Crippen LogP contribution in [0.4, 0.5) is 0 Å². The molecule has 1 aromatic heterocycles. The number of hydrogen-bond acceptors (Lipinski definition) is 4. The molecule has 1 amide bonds. The molecule has 2 fully saturated rings. The number of fused-ring (bicyclic) bond motifs is 1. The molecule has 0 unspecified atom stereocenters. The number of likely N-dealkylation sites (tertiary alicyclic amines) is 1. The summed E-state index contributed by atoms with van der Waals surface area (Å²) in [7, 11) is 0. The topological polar surface area (TPSA) is 51.7 Å². The zero-order valence-corrected chi connectivity index (χ0v) is 17.9. The number of amides is 1. The van der Waals surface area contributed by atoms with Crippen LogP contribution in [0.1, 0.15) is 31.2 Å². The first-order valence-corrected chi connectivity index (χ1v) is 11.2. The lowest BCUT2D eigenvalue weighted by molar-refractivity contribution is -0.142. The van der Waals surface area contributed by atoms with Gasteiger partial charge >= 0.3 is 0 Å². The molecule has 31 heavy (non-hydrogen) atoms. The highest BCUT2D eigenvalue weighted by atomic mass is 16.5. The van der Waals surface area contributed by atoms with E-state index in [4.69, 9.17) is 9.47 Å². The van der Waals surface area contributed by atoms with E-state index in [1.807, 2.05) is 29.3 Å². The lowest BCUT2D eigenvalue weighted by atomic mass is 10.00. The van der Waals surface area contributed by atoms with E-state index in [1.54, 1.807) is 0 Å². The molecule has 2 aliphatic heterocycles. The number of hydrogen-bond donors (Lipinski definition) is 0. The number of carbonyl (C=O) groups is 1. The van der Waals surface area contributed by atoms with Crippen molar-refractivity contribution >= 4 is 16.8 Å². The van der Waals surface area contributed by atoms with Crippen LogP contribution in [0.15, 0.2) is 54.7 Å². The Balaban J connectivity index is 1.21. The first-order chi connectivity index (χ1) is 15.2. The van der Waals surface area contributed by atoms with Gasteiger partial charge in [-0.3, -0.25) is 9.78 Å². The van der Waals surface area contributed by atoms with Gasteiger partial charge < -0.3 is 14.4 Å². The second-order valence-electron chi connectivity index (χ2n) is 8.53. The summed E-state index contributed by atoms with van der Waals surface area (Å²) in [4.78, 5) is 18.9. The van der Waals surface area contributed by atoms with Crippen LogP contribution in [0.25, 0.3) is 22.0 Å². The maximum atomic E-state index is 12.5. The lowest BCUT2D eigenvalue weighted by Crippen LogP contribution is -2.45. The van der Waals surface area contributed by atoms with Gasteiger partial charge in [0.1, 0.15) is 18.0 Å². The molecule has 0 radical (unpaired) electrons. The Bertz CT molecular complexity index is 1070. The summed E-state index contributed by atoms with van der Waals surface area (Å²) in [6, 6.07) is 16.7. The predicted octanol–water partition coefficient (Wildman–Crippen LogP) is 4.76. The molecule has 0 aliphatic carbocycles. The third-order valence-electron chi connectivity index (χ3n) is 6.38. The molecule has 3 aromatic rings. The molecule has 0 bridgehead atoms. The zero-order chi connectivity index (χ0) is 21.2. The third kappa shape index (κ3) is 4.28. The minimum absolute atomic E-state index is 0.145. The number of ether oxygens (including phenoxy) is 2. The van der Waals surface area contributed by atoms with Crippen molar-refractivity contribution in [3.05, 3.63) is 60.3 Å². The summed E-state index contributed by atoms with van der Waals surface area (Å²) in [6.45, 7) is 4.32. The van der Waals surface area contributed by atoms with Crippen LogP contribution in [0.2, 0.25) is 0 Å². The fourth-order valence-electron chi connectivity index (χ4n) is 4.62. The molecule has 2 aromatic carbocycles. The van der Waals surface area contributed by atoms with E-state index in [0.717, 1.165) is 61.2 Å². The first-order valence-electron chi connectivity index (χ1n) is 11.2. The second-order valence-corrected chi connectivity index (χ2v) is 8.53. The van der Waals surface area contributed by atoms with Crippen LogP contribution in [0.5, 0.6) is 5.75 Å². The SMILES string of the molecule is Cc1cc(-c2ccc(OC3CCN(C(=O)[C@H]4CCCO4)CC3)cc2)cc2ncccc12. The fourth-order valence-corrected chi connectivity index (χ4v) is 4.62. The smallest absolute Gasteiger partial charge is 0.251 e. The summed E-state index contributed by atoms with van der Waals surface area (Å²) in [5.74, 6) is 1.03. The van der Waals surface area contributed by atoms with E-state index < -0.39 is 0 Å². The quantitative estimate of drug-likeness (QED) is 0.615. The summed E-state index contributed by atoms with van der Waals surface area (Å²) in [5, 5.41) is 1.19. The van der Waals surface area contributed by atoms with Gasteiger partial charge in [-0.1, -0.05) is 24.3 Å². The lowest BCUT2D eigenvalue weighted by Gasteiger charge is -2.33. The normalized spacial score (nSPS) is 19.6.